The van der Waals surface area contributed by atoms with Crippen molar-refractivity contribution in [2.75, 3.05) is 12.4 Å². The fourth-order valence-electron chi connectivity index (χ4n) is 1.98. The molecule has 0 spiro atoms. The summed E-state index contributed by atoms with van der Waals surface area (Å²) in [6.07, 6.45) is 0. The van der Waals surface area contributed by atoms with Crippen molar-refractivity contribution in [3.63, 3.8) is 0 Å². The predicted octanol–water partition coefficient (Wildman–Crippen LogP) is 4.19. The third-order valence-corrected chi connectivity index (χ3v) is 4.42. The highest BCUT2D eigenvalue weighted by Gasteiger charge is 2.12. The molecule has 0 aliphatic heterocycles. The van der Waals surface area contributed by atoms with Crippen LogP contribution in [0.4, 0.5) is 4.39 Å². The van der Waals surface area contributed by atoms with Crippen molar-refractivity contribution in [2.45, 2.75) is 25.8 Å². The molecule has 0 atom stereocenters. The number of rotatable bonds is 5. The number of benzene rings is 1. The van der Waals surface area contributed by atoms with Crippen LogP contribution in [0.5, 0.6) is 5.75 Å². The van der Waals surface area contributed by atoms with E-state index in [1.54, 1.807) is 12.1 Å². The number of nitrogens with zero attached hydrogens (tertiary/aromatic N) is 2. The van der Waals surface area contributed by atoms with Crippen molar-refractivity contribution in [1.82, 2.24) is 4.98 Å². The van der Waals surface area contributed by atoms with Crippen LogP contribution in [0.2, 0.25) is 0 Å². The SMILES string of the molecule is Cc1nc(SCCOc2ccc(F)cc2)c(C#N)c(C)c1C. The van der Waals surface area contributed by atoms with Crippen molar-refractivity contribution in [2.24, 2.45) is 0 Å². The van der Waals surface area contributed by atoms with Gasteiger partial charge in [0.15, 0.2) is 0 Å². The quantitative estimate of drug-likeness (QED) is 0.613. The maximum Gasteiger partial charge on any atom is 0.123 e. The lowest BCUT2D eigenvalue weighted by atomic mass is 10.1. The molecule has 114 valence electrons. The fourth-order valence-corrected chi connectivity index (χ4v) is 2.88. The van der Waals surface area contributed by atoms with Crippen molar-refractivity contribution in [3.05, 3.63) is 52.5 Å². The Balaban J connectivity index is 1.97. The van der Waals surface area contributed by atoms with Crippen molar-refractivity contribution in [1.29, 1.82) is 5.26 Å². The van der Waals surface area contributed by atoms with Gasteiger partial charge < -0.3 is 4.74 Å². The van der Waals surface area contributed by atoms with Crippen molar-refractivity contribution < 1.29 is 9.13 Å². The Hall–Kier alpha value is -2.06. The summed E-state index contributed by atoms with van der Waals surface area (Å²) >= 11 is 1.50. The van der Waals surface area contributed by atoms with Gasteiger partial charge in [0.05, 0.1) is 12.2 Å². The van der Waals surface area contributed by atoms with Crippen LogP contribution >= 0.6 is 11.8 Å². The second kappa shape index (κ2) is 7.28. The molecule has 0 N–H and O–H groups in total. The van der Waals surface area contributed by atoms with Crippen molar-refractivity contribution >= 4 is 11.8 Å². The number of aromatic nitrogens is 1. The summed E-state index contributed by atoms with van der Waals surface area (Å²) in [5.74, 6) is 1.02. The first kappa shape index (κ1) is 16.3. The molecule has 0 amide bonds. The highest BCUT2D eigenvalue weighted by molar-refractivity contribution is 7.99. The number of hydrogen-bond donors (Lipinski definition) is 0. The molecular weight excluding hydrogens is 299 g/mol. The van der Waals surface area contributed by atoms with E-state index in [9.17, 15) is 9.65 Å². The van der Waals surface area contributed by atoms with Gasteiger partial charge in [-0.1, -0.05) is 0 Å². The van der Waals surface area contributed by atoms with Gasteiger partial charge in [-0.25, -0.2) is 9.37 Å². The zero-order valence-electron chi connectivity index (χ0n) is 12.8. The summed E-state index contributed by atoms with van der Waals surface area (Å²) < 4.78 is 18.3. The third-order valence-electron chi connectivity index (χ3n) is 3.48. The number of thioether (sulfide) groups is 1. The molecule has 1 aromatic heterocycles. The van der Waals surface area contributed by atoms with Gasteiger partial charge in [-0.15, -0.1) is 11.8 Å². The average Bonchev–Trinajstić information content (AvgIpc) is 2.51. The van der Waals surface area contributed by atoms with Crippen LogP contribution < -0.4 is 4.74 Å². The summed E-state index contributed by atoms with van der Waals surface area (Å²) in [5, 5.41) is 10.0. The second-order valence-corrected chi connectivity index (χ2v) is 5.97. The Labute approximate surface area is 134 Å². The van der Waals surface area contributed by atoms with Crippen LogP contribution in [-0.2, 0) is 0 Å². The lowest BCUT2D eigenvalue weighted by Crippen LogP contribution is -2.03. The summed E-state index contributed by atoms with van der Waals surface area (Å²) in [4.78, 5) is 4.50. The van der Waals surface area contributed by atoms with Crippen LogP contribution in [-0.4, -0.2) is 17.3 Å². The average molecular weight is 316 g/mol. The molecule has 0 saturated carbocycles. The van der Waals surface area contributed by atoms with Crippen LogP contribution in [0.25, 0.3) is 0 Å². The van der Waals surface area contributed by atoms with Crippen LogP contribution in [0.3, 0.4) is 0 Å². The molecule has 0 fully saturated rings. The standard InChI is InChI=1S/C17H17FN2OS/c1-11-12(2)16(10-19)17(20-13(11)3)22-9-8-21-15-6-4-14(18)5-7-15/h4-7H,8-9H2,1-3H3. The Kier molecular flexibility index (Phi) is 5.40. The van der Waals surface area contributed by atoms with Gasteiger partial charge >= 0.3 is 0 Å². The minimum absolute atomic E-state index is 0.282. The molecule has 2 aromatic rings. The minimum atomic E-state index is -0.282. The van der Waals surface area contributed by atoms with E-state index in [1.165, 1.54) is 23.9 Å². The number of halogens is 1. The van der Waals surface area contributed by atoms with E-state index in [0.29, 0.717) is 23.7 Å². The maximum absolute atomic E-state index is 12.8. The molecule has 22 heavy (non-hydrogen) atoms. The number of nitriles is 1. The Morgan fingerprint density at radius 1 is 1.18 bits per heavy atom. The summed E-state index contributed by atoms with van der Waals surface area (Å²) in [7, 11) is 0. The highest BCUT2D eigenvalue weighted by atomic mass is 32.2. The zero-order valence-corrected chi connectivity index (χ0v) is 13.6. The molecule has 0 saturated heterocycles. The van der Waals surface area contributed by atoms with Gasteiger partial charge in [0.1, 0.15) is 22.7 Å². The van der Waals surface area contributed by atoms with Crippen LogP contribution in [0.1, 0.15) is 22.4 Å². The van der Waals surface area contributed by atoms with E-state index in [-0.39, 0.29) is 5.82 Å². The van der Waals surface area contributed by atoms with Gasteiger partial charge in [0.2, 0.25) is 0 Å². The van der Waals surface area contributed by atoms with Crippen LogP contribution in [0.15, 0.2) is 29.3 Å². The van der Waals surface area contributed by atoms with Gasteiger partial charge in [-0.05, 0) is 56.2 Å². The van der Waals surface area contributed by atoms with Gasteiger partial charge in [0, 0.05) is 11.4 Å². The summed E-state index contributed by atoms with van der Waals surface area (Å²) in [5.41, 5.74) is 3.62. The molecule has 1 heterocycles. The van der Waals surface area contributed by atoms with E-state index in [4.69, 9.17) is 4.74 Å². The predicted molar refractivity (Wildman–Crippen MR) is 85.8 cm³/mol. The summed E-state index contributed by atoms with van der Waals surface area (Å²) in [6, 6.07) is 8.15. The molecule has 3 nitrogen and oxygen atoms in total. The molecule has 5 heteroatoms. The van der Waals surface area contributed by atoms with Gasteiger partial charge in [0.25, 0.3) is 0 Å². The Morgan fingerprint density at radius 2 is 1.86 bits per heavy atom. The van der Waals surface area contributed by atoms with E-state index < -0.39 is 0 Å². The lowest BCUT2D eigenvalue weighted by Gasteiger charge is -2.11. The zero-order chi connectivity index (χ0) is 16.1. The van der Waals surface area contributed by atoms with Crippen LogP contribution in [0, 0.1) is 37.9 Å². The fraction of sp³-hybridized carbons (Fsp3) is 0.294. The third kappa shape index (κ3) is 3.77. The first-order valence-corrected chi connectivity index (χ1v) is 7.90. The van der Waals surface area contributed by atoms with E-state index in [0.717, 1.165) is 21.8 Å². The molecule has 1 aromatic carbocycles. The number of aryl methyl sites for hydroxylation is 1. The molecular formula is C17H17FN2OS. The van der Waals surface area contributed by atoms with Crippen molar-refractivity contribution in [3.8, 4) is 11.8 Å². The second-order valence-electron chi connectivity index (χ2n) is 4.89. The first-order chi connectivity index (χ1) is 10.5. The lowest BCUT2D eigenvalue weighted by molar-refractivity contribution is 0.343. The largest absolute Gasteiger partial charge is 0.493 e. The van der Waals surface area contributed by atoms with E-state index in [2.05, 4.69) is 11.1 Å². The molecule has 2 rings (SSSR count). The Bertz CT molecular complexity index is 708. The molecule has 0 unspecified atom stereocenters. The van der Waals surface area contributed by atoms with Gasteiger partial charge in [-0.3, -0.25) is 0 Å². The number of hydrogen-bond acceptors (Lipinski definition) is 4. The first-order valence-electron chi connectivity index (χ1n) is 6.92. The smallest absolute Gasteiger partial charge is 0.123 e. The van der Waals surface area contributed by atoms with E-state index in [1.807, 2.05) is 20.8 Å². The Morgan fingerprint density at radius 3 is 2.50 bits per heavy atom. The molecule has 0 aliphatic carbocycles. The highest BCUT2D eigenvalue weighted by Crippen LogP contribution is 2.26. The molecule has 0 bridgehead atoms. The summed E-state index contributed by atoms with van der Waals surface area (Å²) in [6.45, 7) is 6.34. The van der Waals surface area contributed by atoms with E-state index >= 15 is 0 Å². The minimum Gasteiger partial charge on any atom is -0.493 e. The molecule has 0 aliphatic rings. The van der Waals surface area contributed by atoms with Gasteiger partial charge in [-0.2, -0.15) is 5.26 Å². The molecule has 0 radical (unpaired) electrons. The number of ether oxygens (including phenoxy) is 1. The maximum atomic E-state index is 12.8. The monoisotopic (exact) mass is 316 g/mol. The normalized spacial score (nSPS) is 10.3. The number of pyridine rings is 1. The topological polar surface area (TPSA) is 45.9 Å².